The predicted molar refractivity (Wildman–Crippen MR) is 133 cm³/mol. The van der Waals surface area contributed by atoms with Gasteiger partial charge in [-0.3, -0.25) is 4.98 Å². The molecule has 5 rings (SSSR count). The molecule has 1 aliphatic rings. The van der Waals surface area contributed by atoms with Gasteiger partial charge in [0.15, 0.2) is 0 Å². The van der Waals surface area contributed by atoms with Crippen LogP contribution < -0.4 is 0 Å². The van der Waals surface area contributed by atoms with Crippen LogP contribution in [0.25, 0.3) is 22.2 Å². The van der Waals surface area contributed by atoms with E-state index in [0.29, 0.717) is 5.92 Å². The van der Waals surface area contributed by atoms with Crippen molar-refractivity contribution in [3.8, 4) is 11.3 Å². The van der Waals surface area contributed by atoms with Gasteiger partial charge in [0.05, 0.1) is 5.52 Å². The second-order valence-electron chi connectivity index (χ2n) is 9.09. The molecule has 2 heterocycles. The average molecular weight is 630 g/mol. The van der Waals surface area contributed by atoms with Crippen molar-refractivity contribution in [3.05, 3.63) is 94.3 Å². The van der Waals surface area contributed by atoms with Gasteiger partial charge in [-0.25, -0.2) is 9.78 Å². The van der Waals surface area contributed by atoms with Gasteiger partial charge >= 0.3 is 5.97 Å². The molecular formula is C29H29IrN2O2-. The first-order valence-corrected chi connectivity index (χ1v) is 11.4. The van der Waals surface area contributed by atoms with Gasteiger partial charge in [-0.2, -0.15) is 0 Å². The number of rotatable bonds is 3. The van der Waals surface area contributed by atoms with Crippen molar-refractivity contribution < 1.29 is 30.0 Å². The van der Waals surface area contributed by atoms with E-state index in [-0.39, 0.29) is 25.8 Å². The van der Waals surface area contributed by atoms with Crippen LogP contribution in [0.2, 0.25) is 0 Å². The maximum absolute atomic E-state index is 10.1. The van der Waals surface area contributed by atoms with Crippen molar-refractivity contribution in [1.29, 1.82) is 0 Å². The predicted octanol–water partition coefficient (Wildman–Crippen LogP) is 6.39. The quantitative estimate of drug-likeness (QED) is 0.267. The molecule has 0 unspecified atom stereocenters. The first kappa shape index (κ1) is 25.7. The van der Waals surface area contributed by atoms with Crippen LogP contribution in [0, 0.1) is 25.8 Å². The van der Waals surface area contributed by atoms with E-state index in [1.165, 1.54) is 51.0 Å². The van der Waals surface area contributed by atoms with Crippen LogP contribution in [0.15, 0.2) is 54.7 Å². The first-order valence-electron chi connectivity index (χ1n) is 11.4. The molecule has 1 radical (unpaired) electrons. The SMILES string of the molecule is Cc1[c-]c2c(c(C)c1)CCc1cc3c(CC(C)C)cccc3nc1-2.O=C(O)c1ccccn1.[Ir]. The number of carboxylic acid groups (broad SMARTS) is 1. The van der Waals surface area contributed by atoms with E-state index in [2.05, 4.69) is 69.1 Å². The minimum absolute atomic E-state index is 0. The fourth-order valence-electron chi connectivity index (χ4n) is 4.51. The molecule has 4 aromatic rings. The number of fused-ring (bicyclic) bond motifs is 4. The van der Waals surface area contributed by atoms with Crippen LogP contribution in [0.4, 0.5) is 0 Å². The molecule has 0 amide bonds. The molecule has 0 spiro atoms. The molecule has 0 aliphatic heterocycles. The summed E-state index contributed by atoms with van der Waals surface area (Å²) in [6.07, 6.45) is 4.74. The Hall–Kier alpha value is -2.88. The zero-order valence-corrected chi connectivity index (χ0v) is 22.4. The average Bonchev–Trinajstić information content (AvgIpc) is 2.79. The molecule has 0 fully saturated rings. The number of benzene rings is 2. The van der Waals surface area contributed by atoms with Crippen molar-refractivity contribution in [3.63, 3.8) is 0 Å². The largest absolute Gasteiger partial charge is 0.477 e. The zero-order valence-electron chi connectivity index (χ0n) is 20.0. The molecule has 0 saturated heterocycles. The van der Waals surface area contributed by atoms with Gasteiger partial charge in [-0.15, -0.1) is 34.4 Å². The molecule has 0 bridgehead atoms. The normalized spacial score (nSPS) is 11.7. The van der Waals surface area contributed by atoms with E-state index in [9.17, 15) is 4.79 Å². The van der Waals surface area contributed by atoms with E-state index >= 15 is 0 Å². The molecule has 5 heteroatoms. The Labute approximate surface area is 214 Å². The number of aromatic nitrogens is 2. The fraction of sp³-hybridized carbons (Fsp3) is 0.276. The minimum Gasteiger partial charge on any atom is -0.477 e. The molecule has 1 aliphatic carbocycles. The maximum atomic E-state index is 10.1. The summed E-state index contributed by atoms with van der Waals surface area (Å²) in [6, 6.07) is 19.5. The molecule has 2 aromatic carbocycles. The van der Waals surface area contributed by atoms with Crippen molar-refractivity contribution in [2.45, 2.75) is 47.0 Å². The van der Waals surface area contributed by atoms with E-state index in [4.69, 9.17) is 10.1 Å². The number of aromatic carboxylic acids is 1. The van der Waals surface area contributed by atoms with Crippen molar-refractivity contribution in [2.24, 2.45) is 5.92 Å². The van der Waals surface area contributed by atoms with Gasteiger partial charge in [0.1, 0.15) is 5.69 Å². The molecule has 4 nitrogen and oxygen atoms in total. The van der Waals surface area contributed by atoms with Gasteiger partial charge < -0.3 is 5.11 Å². The third kappa shape index (κ3) is 5.60. The van der Waals surface area contributed by atoms with Gasteiger partial charge in [0.25, 0.3) is 0 Å². The topological polar surface area (TPSA) is 63.1 Å². The summed E-state index contributed by atoms with van der Waals surface area (Å²) in [4.78, 5) is 18.8. The van der Waals surface area contributed by atoms with E-state index in [1.807, 2.05) is 0 Å². The molecule has 34 heavy (non-hydrogen) atoms. The third-order valence-electron chi connectivity index (χ3n) is 5.95. The molecule has 0 saturated carbocycles. The fourth-order valence-corrected chi connectivity index (χ4v) is 4.51. The second-order valence-corrected chi connectivity index (χ2v) is 9.09. The Morgan fingerprint density at radius 2 is 1.88 bits per heavy atom. The van der Waals surface area contributed by atoms with Gasteiger partial charge in [0.2, 0.25) is 0 Å². The smallest absolute Gasteiger partial charge is 0.354 e. The standard InChI is InChI=1S/C23H24N.C6H5NO2.Ir/c1-14(2)10-17-6-5-7-22-20(17)13-18-8-9-19-16(4)11-15(3)12-21(19)23(18)24-22;8-6(9)5-3-1-2-4-7-5;/h5-7,11,13-14H,8-10H2,1-4H3;1-4H,(H,8,9);/q-1;;. The summed E-state index contributed by atoms with van der Waals surface area (Å²) in [5.74, 6) is -0.332. The Bertz CT molecular complexity index is 1320. The maximum Gasteiger partial charge on any atom is 0.354 e. The van der Waals surface area contributed by atoms with Crippen LogP contribution >= 0.6 is 0 Å². The van der Waals surface area contributed by atoms with Crippen molar-refractivity contribution in [1.82, 2.24) is 9.97 Å². The van der Waals surface area contributed by atoms with E-state index < -0.39 is 5.97 Å². The first-order chi connectivity index (χ1) is 15.8. The number of nitrogens with zero attached hydrogens (tertiary/aromatic N) is 2. The molecule has 1 N–H and O–H groups in total. The van der Waals surface area contributed by atoms with Crippen LogP contribution in [0.3, 0.4) is 0 Å². The zero-order chi connectivity index (χ0) is 23.5. The summed E-state index contributed by atoms with van der Waals surface area (Å²) in [5, 5.41) is 9.65. The summed E-state index contributed by atoms with van der Waals surface area (Å²) in [7, 11) is 0. The molecular weight excluding hydrogens is 601 g/mol. The van der Waals surface area contributed by atoms with E-state index in [1.54, 1.807) is 12.1 Å². The number of pyridine rings is 2. The summed E-state index contributed by atoms with van der Waals surface area (Å²) < 4.78 is 0. The summed E-state index contributed by atoms with van der Waals surface area (Å²) in [6.45, 7) is 8.90. The Morgan fingerprint density at radius 3 is 2.53 bits per heavy atom. The van der Waals surface area contributed by atoms with Gasteiger partial charge in [0, 0.05) is 31.7 Å². The monoisotopic (exact) mass is 630 g/mol. The van der Waals surface area contributed by atoms with Gasteiger partial charge in [-0.1, -0.05) is 63.9 Å². The van der Waals surface area contributed by atoms with Crippen molar-refractivity contribution >= 4 is 16.9 Å². The Morgan fingerprint density at radius 1 is 1.09 bits per heavy atom. The van der Waals surface area contributed by atoms with Crippen LogP contribution in [0.1, 0.15) is 52.2 Å². The molecule has 177 valence electrons. The second kappa shape index (κ2) is 11.0. The van der Waals surface area contributed by atoms with E-state index in [0.717, 1.165) is 30.5 Å². The summed E-state index contributed by atoms with van der Waals surface area (Å²) >= 11 is 0. The van der Waals surface area contributed by atoms with Gasteiger partial charge in [-0.05, 0) is 48.2 Å². The molecule has 2 aromatic heterocycles. The van der Waals surface area contributed by atoms with Crippen LogP contribution in [0.5, 0.6) is 0 Å². The number of carboxylic acids is 1. The number of hydrogen-bond donors (Lipinski definition) is 1. The number of carbonyl (C=O) groups is 1. The number of hydrogen-bond acceptors (Lipinski definition) is 3. The minimum atomic E-state index is -0.990. The number of aryl methyl sites for hydroxylation is 3. The summed E-state index contributed by atoms with van der Waals surface area (Å²) in [5.41, 5.74) is 10.4. The molecule has 0 atom stereocenters. The third-order valence-corrected chi connectivity index (χ3v) is 5.95. The Kier molecular flexibility index (Phi) is 8.35. The van der Waals surface area contributed by atoms with Crippen LogP contribution in [-0.2, 0) is 39.4 Å². The van der Waals surface area contributed by atoms with Crippen LogP contribution in [-0.4, -0.2) is 21.0 Å². The Balaban J connectivity index is 0.000000275. The van der Waals surface area contributed by atoms with Crippen molar-refractivity contribution in [2.75, 3.05) is 0 Å².